The van der Waals surface area contributed by atoms with Crippen molar-refractivity contribution >= 4 is 11.6 Å². The first-order valence-corrected chi connectivity index (χ1v) is 6.57. The quantitative estimate of drug-likeness (QED) is 0.566. The van der Waals surface area contributed by atoms with Crippen molar-refractivity contribution in [1.82, 2.24) is 9.97 Å². The van der Waals surface area contributed by atoms with Gasteiger partial charge in [-0.05, 0) is 38.0 Å². The Balaban J connectivity index is 2.00. The van der Waals surface area contributed by atoms with E-state index in [2.05, 4.69) is 34.6 Å². The number of hydrazine groups is 1. The molecule has 0 atom stereocenters. The highest BCUT2D eigenvalue weighted by Crippen LogP contribution is 2.35. The molecule has 1 aromatic heterocycles. The van der Waals surface area contributed by atoms with Gasteiger partial charge in [0.25, 0.3) is 0 Å². The molecule has 5 heteroatoms. The molecule has 18 heavy (non-hydrogen) atoms. The predicted octanol–water partition coefficient (Wildman–Crippen LogP) is 2.45. The molecule has 0 aliphatic heterocycles. The third-order valence-electron chi connectivity index (χ3n) is 3.68. The Kier molecular flexibility index (Phi) is 3.71. The topological polar surface area (TPSA) is 75.9 Å². The predicted molar refractivity (Wildman–Crippen MR) is 74.2 cm³/mol. The second-order valence-corrected chi connectivity index (χ2v) is 5.91. The van der Waals surface area contributed by atoms with Crippen LogP contribution in [-0.4, -0.2) is 16.0 Å². The fraction of sp³-hybridized carbons (Fsp3) is 0.692. The van der Waals surface area contributed by atoms with E-state index in [1.807, 2.05) is 13.0 Å². The Morgan fingerprint density at radius 2 is 1.83 bits per heavy atom. The van der Waals surface area contributed by atoms with Crippen molar-refractivity contribution < 1.29 is 0 Å². The van der Waals surface area contributed by atoms with Crippen LogP contribution < -0.4 is 16.6 Å². The molecule has 1 fully saturated rings. The smallest absolute Gasteiger partial charge is 0.145 e. The number of anilines is 2. The van der Waals surface area contributed by atoms with Gasteiger partial charge in [0.1, 0.15) is 17.5 Å². The van der Waals surface area contributed by atoms with Crippen LogP contribution in [0.1, 0.15) is 45.4 Å². The molecule has 5 nitrogen and oxygen atoms in total. The van der Waals surface area contributed by atoms with Crippen molar-refractivity contribution in [3.05, 3.63) is 11.9 Å². The lowest BCUT2D eigenvalue weighted by Crippen LogP contribution is -2.30. The van der Waals surface area contributed by atoms with Crippen molar-refractivity contribution in [3.8, 4) is 0 Å². The van der Waals surface area contributed by atoms with Gasteiger partial charge in [0, 0.05) is 12.1 Å². The summed E-state index contributed by atoms with van der Waals surface area (Å²) in [5.74, 6) is 7.63. The van der Waals surface area contributed by atoms with Crippen LogP contribution in [-0.2, 0) is 0 Å². The minimum Gasteiger partial charge on any atom is -0.367 e. The van der Waals surface area contributed by atoms with Gasteiger partial charge >= 0.3 is 0 Å². The molecule has 0 saturated heterocycles. The number of hydrogen-bond donors (Lipinski definition) is 3. The third-order valence-corrected chi connectivity index (χ3v) is 3.68. The Labute approximate surface area is 109 Å². The van der Waals surface area contributed by atoms with E-state index in [-0.39, 0.29) is 0 Å². The van der Waals surface area contributed by atoms with Gasteiger partial charge < -0.3 is 10.7 Å². The van der Waals surface area contributed by atoms with E-state index < -0.39 is 0 Å². The molecule has 0 aromatic carbocycles. The Morgan fingerprint density at radius 3 is 2.44 bits per heavy atom. The summed E-state index contributed by atoms with van der Waals surface area (Å²) in [4.78, 5) is 8.58. The van der Waals surface area contributed by atoms with Crippen LogP contribution in [0.15, 0.2) is 6.07 Å². The standard InChI is InChI=1S/C13H23N5/c1-9-15-11(8-12(16-9)18-14)17-10-4-6-13(2,3)7-5-10/h8,10H,4-7,14H2,1-3H3,(H2,15,16,17,18). The first-order chi connectivity index (χ1) is 8.48. The number of hydrogen-bond acceptors (Lipinski definition) is 5. The second kappa shape index (κ2) is 5.10. The third kappa shape index (κ3) is 3.32. The van der Waals surface area contributed by atoms with Crippen molar-refractivity contribution in [2.45, 2.75) is 52.5 Å². The van der Waals surface area contributed by atoms with Gasteiger partial charge in [0.15, 0.2) is 0 Å². The van der Waals surface area contributed by atoms with Gasteiger partial charge in [-0.25, -0.2) is 15.8 Å². The minimum absolute atomic E-state index is 0.490. The van der Waals surface area contributed by atoms with Gasteiger partial charge in [-0.3, -0.25) is 0 Å². The lowest BCUT2D eigenvalue weighted by Gasteiger charge is -2.34. The van der Waals surface area contributed by atoms with Crippen LogP contribution >= 0.6 is 0 Å². The van der Waals surface area contributed by atoms with E-state index in [9.17, 15) is 0 Å². The zero-order valence-corrected chi connectivity index (χ0v) is 11.5. The Hall–Kier alpha value is -1.36. The maximum absolute atomic E-state index is 5.39. The average Bonchev–Trinajstić information content (AvgIpc) is 2.31. The molecule has 1 saturated carbocycles. The van der Waals surface area contributed by atoms with Crippen LogP contribution in [0.2, 0.25) is 0 Å². The summed E-state index contributed by atoms with van der Waals surface area (Å²) in [5, 5.41) is 3.49. The van der Waals surface area contributed by atoms with E-state index >= 15 is 0 Å². The van der Waals surface area contributed by atoms with E-state index in [4.69, 9.17) is 5.84 Å². The first kappa shape index (κ1) is 13.1. The zero-order chi connectivity index (χ0) is 13.2. The van der Waals surface area contributed by atoms with Crippen LogP contribution in [0.3, 0.4) is 0 Å². The number of aryl methyl sites for hydroxylation is 1. The molecule has 1 aromatic rings. The highest BCUT2D eigenvalue weighted by atomic mass is 15.3. The number of aromatic nitrogens is 2. The molecule has 1 heterocycles. The summed E-state index contributed by atoms with van der Waals surface area (Å²) in [7, 11) is 0. The number of rotatable bonds is 3. The molecule has 1 aliphatic rings. The van der Waals surface area contributed by atoms with Gasteiger partial charge in [0.05, 0.1) is 0 Å². The Bertz CT molecular complexity index is 406. The lowest BCUT2D eigenvalue weighted by molar-refractivity contribution is 0.232. The zero-order valence-electron chi connectivity index (χ0n) is 11.5. The molecule has 0 radical (unpaired) electrons. The normalized spacial score (nSPS) is 19.6. The highest BCUT2D eigenvalue weighted by Gasteiger charge is 2.26. The number of nitrogens with one attached hydrogen (secondary N) is 2. The molecule has 0 unspecified atom stereocenters. The fourth-order valence-electron chi connectivity index (χ4n) is 2.47. The van der Waals surface area contributed by atoms with Gasteiger partial charge in [-0.15, -0.1) is 0 Å². The largest absolute Gasteiger partial charge is 0.367 e. The summed E-state index contributed by atoms with van der Waals surface area (Å²) in [6.45, 7) is 6.55. The minimum atomic E-state index is 0.490. The SMILES string of the molecule is Cc1nc(NN)cc(NC2CCC(C)(C)CC2)n1. The number of nitrogens with zero attached hydrogens (tertiary/aromatic N) is 2. The maximum atomic E-state index is 5.39. The molecular formula is C13H23N5. The highest BCUT2D eigenvalue weighted by molar-refractivity contribution is 5.47. The van der Waals surface area contributed by atoms with E-state index in [1.165, 1.54) is 25.7 Å². The molecule has 1 aliphatic carbocycles. The second-order valence-electron chi connectivity index (χ2n) is 5.91. The molecule has 4 N–H and O–H groups in total. The van der Waals surface area contributed by atoms with Crippen molar-refractivity contribution in [3.63, 3.8) is 0 Å². The molecule has 0 amide bonds. The first-order valence-electron chi connectivity index (χ1n) is 6.57. The number of nitrogens with two attached hydrogens (primary N) is 1. The van der Waals surface area contributed by atoms with Crippen molar-refractivity contribution in [2.24, 2.45) is 11.3 Å². The van der Waals surface area contributed by atoms with Crippen LogP contribution in [0.5, 0.6) is 0 Å². The molecule has 0 spiro atoms. The summed E-state index contributed by atoms with van der Waals surface area (Å²) in [6.07, 6.45) is 4.91. The monoisotopic (exact) mass is 249 g/mol. The van der Waals surface area contributed by atoms with Gasteiger partial charge in [-0.1, -0.05) is 13.8 Å². The molecule has 0 bridgehead atoms. The van der Waals surface area contributed by atoms with Gasteiger partial charge in [0.2, 0.25) is 0 Å². The molecule has 100 valence electrons. The average molecular weight is 249 g/mol. The molecular weight excluding hydrogens is 226 g/mol. The summed E-state index contributed by atoms with van der Waals surface area (Å²) in [6, 6.07) is 2.37. The summed E-state index contributed by atoms with van der Waals surface area (Å²) >= 11 is 0. The maximum Gasteiger partial charge on any atom is 0.145 e. The molecule has 2 rings (SSSR count). The van der Waals surface area contributed by atoms with Crippen LogP contribution in [0, 0.1) is 12.3 Å². The summed E-state index contributed by atoms with van der Waals surface area (Å²) in [5.41, 5.74) is 3.06. The van der Waals surface area contributed by atoms with Crippen LogP contribution in [0.4, 0.5) is 11.6 Å². The fourth-order valence-corrected chi connectivity index (χ4v) is 2.47. The van der Waals surface area contributed by atoms with Crippen molar-refractivity contribution in [1.29, 1.82) is 0 Å². The summed E-state index contributed by atoms with van der Waals surface area (Å²) < 4.78 is 0. The Morgan fingerprint density at radius 1 is 1.22 bits per heavy atom. The lowest BCUT2D eigenvalue weighted by atomic mass is 9.75. The van der Waals surface area contributed by atoms with E-state index in [0.29, 0.717) is 17.3 Å². The van der Waals surface area contributed by atoms with Crippen molar-refractivity contribution in [2.75, 3.05) is 10.7 Å². The van der Waals surface area contributed by atoms with E-state index in [1.54, 1.807) is 0 Å². The van der Waals surface area contributed by atoms with Gasteiger partial charge in [-0.2, -0.15) is 0 Å². The van der Waals surface area contributed by atoms with Crippen LogP contribution in [0.25, 0.3) is 0 Å². The van der Waals surface area contributed by atoms with E-state index in [0.717, 1.165) is 11.6 Å². The number of nitrogen functional groups attached to an aromatic ring is 1.